The molecular weight excluding hydrogens is 208 g/mol. The molecule has 0 saturated carbocycles. The Morgan fingerprint density at radius 1 is 1.67 bits per heavy atom. The molecule has 0 spiro atoms. The second-order valence-electron chi connectivity index (χ2n) is 1.52. The van der Waals surface area contributed by atoms with E-state index in [0.29, 0.717) is 20.9 Å². The van der Waals surface area contributed by atoms with E-state index in [1.807, 2.05) is 0 Å². The van der Waals surface area contributed by atoms with Crippen molar-refractivity contribution in [2.45, 2.75) is 20.6 Å². The van der Waals surface area contributed by atoms with E-state index in [0.717, 1.165) is 5.25 Å². The second kappa shape index (κ2) is 2.45. The topological polar surface area (TPSA) is 0 Å². The standard InChI is InChI=1S/C4H8STe/c5-4-1-2-6-3-4/h4-5H,1-3H2. The first kappa shape index (κ1) is 5.28. The van der Waals surface area contributed by atoms with E-state index in [1.54, 1.807) is 4.47 Å². The molecular formula is C4H8STe. The Labute approximate surface area is 54.2 Å². The van der Waals surface area contributed by atoms with Crippen LogP contribution < -0.4 is 0 Å². The predicted molar refractivity (Wildman–Crippen MR) is 32.8 cm³/mol. The molecule has 1 heterocycles. The third-order valence-corrected chi connectivity index (χ3v) is 5.43. The van der Waals surface area contributed by atoms with Crippen molar-refractivity contribution in [3.63, 3.8) is 0 Å². The number of rotatable bonds is 0. The first-order valence-corrected chi connectivity index (χ1v) is 5.96. The van der Waals surface area contributed by atoms with Gasteiger partial charge in [0.2, 0.25) is 0 Å². The molecule has 36 valence electrons. The fourth-order valence-corrected chi connectivity index (χ4v) is 4.92. The monoisotopic (exact) mass is 218 g/mol. The molecule has 0 N–H and O–H groups in total. The summed E-state index contributed by atoms with van der Waals surface area (Å²) in [6.45, 7) is 0. The summed E-state index contributed by atoms with van der Waals surface area (Å²) >= 11 is 4.81. The maximum absolute atomic E-state index is 4.32. The molecule has 0 bridgehead atoms. The third-order valence-electron chi connectivity index (χ3n) is 0.906. The van der Waals surface area contributed by atoms with E-state index in [2.05, 4.69) is 12.6 Å². The number of hydrogen-bond acceptors (Lipinski definition) is 1. The summed E-state index contributed by atoms with van der Waals surface area (Å²) in [5.41, 5.74) is 0. The van der Waals surface area contributed by atoms with E-state index in [-0.39, 0.29) is 0 Å². The molecule has 2 heteroatoms. The quantitative estimate of drug-likeness (QED) is 0.456. The predicted octanol–water partition coefficient (Wildman–Crippen LogP) is 1.23. The molecule has 1 saturated heterocycles. The Hall–Kier alpha value is 1.14. The summed E-state index contributed by atoms with van der Waals surface area (Å²) in [5.74, 6) is 0. The molecule has 0 amide bonds. The first-order valence-electron chi connectivity index (χ1n) is 2.15. The van der Waals surface area contributed by atoms with Gasteiger partial charge in [-0.3, -0.25) is 0 Å². The van der Waals surface area contributed by atoms with E-state index in [9.17, 15) is 0 Å². The molecule has 0 aromatic rings. The van der Waals surface area contributed by atoms with Gasteiger partial charge in [0.15, 0.2) is 0 Å². The third kappa shape index (κ3) is 1.33. The first-order chi connectivity index (χ1) is 2.89. The summed E-state index contributed by atoms with van der Waals surface area (Å²) in [6, 6.07) is 0. The fraction of sp³-hybridized carbons (Fsp3) is 1.00. The normalized spacial score (nSPS) is 34.5. The molecule has 6 heavy (non-hydrogen) atoms. The molecule has 1 unspecified atom stereocenters. The summed E-state index contributed by atoms with van der Waals surface area (Å²) in [6.07, 6.45) is 1.41. The van der Waals surface area contributed by atoms with Crippen molar-refractivity contribution in [2.24, 2.45) is 0 Å². The molecule has 1 aliphatic rings. The Morgan fingerprint density at radius 2 is 2.50 bits per heavy atom. The van der Waals surface area contributed by atoms with Crippen molar-refractivity contribution in [1.29, 1.82) is 0 Å². The van der Waals surface area contributed by atoms with Crippen LogP contribution in [0.1, 0.15) is 6.42 Å². The molecule has 1 rings (SSSR count). The number of thiol groups is 1. The molecule has 1 fully saturated rings. The Balaban J connectivity index is 2.18. The molecule has 1 atom stereocenters. The van der Waals surface area contributed by atoms with Gasteiger partial charge in [-0.05, 0) is 0 Å². The van der Waals surface area contributed by atoms with Crippen LogP contribution in [0, 0.1) is 0 Å². The van der Waals surface area contributed by atoms with E-state index < -0.39 is 0 Å². The van der Waals surface area contributed by atoms with Crippen molar-refractivity contribution in [3.8, 4) is 0 Å². The Bertz CT molecular complexity index is 40.8. The zero-order chi connectivity index (χ0) is 4.41. The second-order valence-corrected chi connectivity index (χ2v) is 5.53. The van der Waals surface area contributed by atoms with Gasteiger partial charge >= 0.3 is 54.2 Å². The van der Waals surface area contributed by atoms with Crippen LogP contribution in [0.2, 0.25) is 8.94 Å². The molecule has 0 nitrogen and oxygen atoms in total. The van der Waals surface area contributed by atoms with Crippen LogP contribution >= 0.6 is 12.6 Å². The zero-order valence-electron chi connectivity index (χ0n) is 3.55. The van der Waals surface area contributed by atoms with Crippen LogP contribution in [-0.4, -0.2) is 26.2 Å². The minimum absolute atomic E-state index is 0.483. The molecule has 1 aliphatic heterocycles. The molecule has 0 aromatic heterocycles. The fourth-order valence-electron chi connectivity index (χ4n) is 0.522. The Kier molecular flexibility index (Phi) is 2.15. The molecule has 0 aliphatic carbocycles. The summed E-state index contributed by atoms with van der Waals surface area (Å²) in [7, 11) is 0. The van der Waals surface area contributed by atoms with E-state index in [4.69, 9.17) is 0 Å². The van der Waals surface area contributed by atoms with Gasteiger partial charge in [-0.25, -0.2) is 0 Å². The van der Waals surface area contributed by atoms with Crippen LogP contribution in [0.3, 0.4) is 0 Å². The summed E-state index contributed by atoms with van der Waals surface area (Å²) in [5, 5.41) is 0.799. The van der Waals surface area contributed by atoms with Crippen molar-refractivity contribution in [3.05, 3.63) is 0 Å². The van der Waals surface area contributed by atoms with E-state index >= 15 is 0 Å². The van der Waals surface area contributed by atoms with Gasteiger partial charge in [-0.1, -0.05) is 0 Å². The minimum atomic E-state index is 0.483. The van der Waals surface area contributed by atoms with Gasteiger partial charge in [0.1, 0.15) is 0 Å². The van der Waals surface area contributed by atoms with Gasteiger partial charge in [-0.2, -0.15) is 0 Å². The van der Waals surface area contributed by atoms with Gasteiger partial charge < -0.3 is 0 Å². The van der Waals surface area contributed by atoms with Gasteiger partial charge in [0.05, 0.1) is 0 Å². The molecule has 0 radical (unpaired) electrons. The van der Waals surface area contributed by atoms with Crippen LogP contribution in [0.25, 0.3) is 0 Å². The maximum atomic E-state index is 4.32. The van der Waals surface area contributed by atoms with Crippen LogP contribution in [0.5, 0.6) is 0 Å². The summed E-state index contributed by atoms with van der Waals surface area (Å²) in [4.78, 5) is 0. The van der Waals surface area contributed by atoms with Crippen molar-refractivity contribution < 1.29 is 0 Å². The molecule has 0 aromatic carbocycles. The van der Waals surface area contributed by atoms with E-state index in [1.165, 1.54) is 10.9 Å². The summed E-state index contributed by atoms with van der Waals surface area (Å²) < 4.78 is 3.02. The average molecular weight is 216 g/mol. The SMILES string of the molecule is SC1CC[Te]C1. The van der Waals surface area contributed by atoms with Crippen molar-refractivity contribution >= 4 is 33.6 Å². The number of hydrogen-bond donors (Lipinski definition) is 1. The zero-order valence-corrected chi connectivity index (χ0v) is 6.78. The van der Waals surface area contributed by atoms with Crippen LogP contribution in [0.15, 0.2) is 0 Å². The van der Waals surface area contributed by atoms with Crippen molar-refractivity contribution in [1.82, 2.24) is 0 Å². The van der Waals surface area contributed by atoms with Crippen LogP contribution in [0.4, 0.5) is 0 Å². The van der Waals surface area contributed by atoms with Crippen molar-refractivity contribution in [2.75, 3.05) is 0 Å². The van der Waals surface area contributed by atoms with Gasteiger partial charge in [0, 0.05) is 0 Å². The van der Waals surface area contributed by atoms with Gasteiger partial charge in [0.25, 0.3) is 0 Å². The Morgan fingerprint density at radius 3 is 2.67 bits per heavy atom. The van der Waals surface area contributed by atoms with Gasteiger partial charge in [-0.15, -0.1) is 0 Å². The van der Waals surface area contributed by atoms with Crippen LogP contribution in [-0.2, 0) is 0 Å². The average Bonchev–Trinajstić information content (AvgIpc) is 1.86.